The van der Waals surface area contributed by atoms with E-state index < -0.39 is 0 Å². The Labute approximate surface area is 176 Å². The van der Waals surface area contributed by atoms with Crippen molar-refractivity contribution >= 4 is 0 Å². The van der Waals surface area contributed by atoms with E-state index in [1.807, 2.05) is 24.3 Å². The van der Waals surface area contributed by atoms with Gasteiger partial charge >= 0.3 is 0 Å². The first-order valence-corrected chi connectivity index (χ1v) is 10.2. The minimum Gasteiger partial charge on any atom is -0.492 e. The van der Waals surface area contributed by atoms with Crippen LogP contribution in [0.25, 0.3) is 11.4 Å². The molecule has 0 spiro atoms. The number of benzene rings is 2. The number of piperazine rings is 1. The van der Waals surface area contributed by atoms with Gasteiger partial charge in [-0.3, -0.25) is 9.80 Å². The molecule has 7 heteroatoms. The van der Waals surface area contributed by atoms with E-state index in [1.165, 1.54) is 5.56 Å². The van der Waals surface area contributed by atoms with Gasteiger partial charge in [0, 0.05) is 38.3 Å². The van der Waals surface area contributed by atoms with Crippen LogP contribution in [0.15, 0.2) is 53.1 Å². The van der Waals surface area contributed by atoms with E-state index in [1.54, 1.807) is 12.1 Å². The van der Waals surface area contributed by atoms with Crippen molar-refractivity contribution in [3.05, 3.63) is 65.5 Å². The highest BCUT2D eigenvalue weighted by Gasteiger charge is 2.19. The molecule has 7 nitrogen and oxygen atoms in total. The summed E-state index contributed by atoms with van der Waals surface area (Å²) in [7, 11) is 0. The number of aryl methyl sites for hydroxylation is 1. The molecule has 0 radical (unpaired) electrons. The molecule has 0 amide bonds. The first-order chi connectivity index (χ1) is 14.7. The average molecular weight is 403 g/mol. The smallest absolute Gasteiger partial charge is 0.241 e. The lowest BCUT2D eigenvalue weighted by molar-refractivity contribution is 0.104. The summed E-state index contributed by atoms with van der Waals surface area (Å²) in [5.74, 6) is 2.10. The largest absolute Gasteiger partial charge is 0.492 e. The Bertz CT molecular complexity index is 984. The molecule has 1 saturated heterocycles. The van der Waals surface area contributed by atoms with Gasteiger partial charge in [-0.2, -0.15) is 10.2 Å². The standard InChI is InChI=1S/C23H25N5O2/c1-18-2-6-20(7-3-18)23-25-22(30-26-23)17-28-12-10-27(11-13-28)14-15-29-21-8-4-19(16-24)5-9-21/h2-9H,10-15,17H2,1H3. The molecule has 1 fully saturated rings. The van der Waals surface area contributed by atoms with E-state index in [-0.39, 0.29) is 0 Å². The van der Waals surface area contributed by atoms with E-state index in [0.29, 0.717) is 30.4 Å². The zero-order valence-corrected chi connectivity index (χ0v) is 17.1. The molecule has 0 unspecified atom stereocenters. The maximum Gasteiger partial charge on any atom is 0.241 e. The second-order valence-corrected chi connectivity index (χ2v) is 7.48. The van der Waals surface area contributed by atoms with Crippen molar-refractivity contribution in [2.75, 3.05) is 39.3 Å². The molecule has 30 heavy (non-hydrogen) atoms. The summed E-state index contributed by atoms with van der Waals surface area (Å²) in [4.78, 5) is 9.28. The van der Waals surface area contributed by atoms with E-state index in [2.05, 4.69) is 45.1 Å². The Balaban J connectivity index is 1.19. The van der Waals surface area contributed by atoms with Crippen LogP contribution in [0.5, 0.6) is 5.75 Å². The molecule has 1 aromatic heterocycles. The van der Waals surface area contributed by atoms with E-state index in [4.69, 9.17) is 14.5 Å². The lowest BCUT2D eigenvalue weighted by atomic mass is 10.1. The zero-order valence-electron chi connectivity index (χ0n) is 17.1. The maximum atomic E-state index is 8.84. The number of hydrogen-bond acceptors (Lipinski definition) is 7. The van der Waals surface area contributed by atoms with Crippen molar-refractivity contribution in [1.82, 2.24) is 19.9 Å². The molecule has 2 heterocycles. The Morgan fingerprint density at radius 2 is 1.70 bits per heavy atom. The van der Waals surface area contributed by atoms with Crippen molar-refractivity contribution in [2.24, 2.45) is 0 Å². The Hall–Kier alpha value is -3.21. The normalized spacial score (nSPS) is 15.1. The van der Waals surface area contributed by atoms with Crippen molar-refractivity contribution in [2.45, 2.75) is 13.5 Å². The topological polar surface area (TPSA) is 78.4 Å². The molecular weight excluding hydrogens is 378 g/mol. The van der Waals surface area contributed by atoms with Crippen molar-refractivity contribution in [3.63, 3.8) is 0 Å². The average Bonchev–Trinajstić information content (AvgIpc) is 3.24. The number of hydrogen-bond donors (Lipinski definition) is 0. The fraction of sp³-hybridized carbons (Fsp3) is 0.348. The summed E-state index contributed by atoms with van der Waals surface area (Å²) in [6, 6.07) is 17.5. The molecule has 3 aromatic rings. The fourth-order valence-electron chi connectivity index (χ4n) is 3.42. The summed E-state index contributed by atoms with van der Waals surface area (Å²) in [6.07, 6.45) is 0. The van der Waals surface area contributed by atoms with Crippen LogP contribution < -0.4 is 4.74 Å². The van der Waals surface area contributed by atoms with Crippen molar-refractivity contribution in [3.8, 4) is 23.2 Å². The molecule has 1 aliphatic heterocycles. The van der Waals surface area contributed by atoms with Crippen LogP contribution in [0.2, 0.25) is 0 Å². The van der Waals surface area contributed by atoms with Gasteiger partial charge in [0.1, 0.15) is 12.4 Å². The summed E-state index contributed by atoms with van der Waals surface area (Å²) in [5.41, 5.74) is 2.83. The molecule has 154 valence electrons. The Kier molecular flexibility index (Phi) is 6.38. The Morgan fingerprint density at radius 3 is 2.40 bits per heavy atom. The zero-order chi connectivity index (χ0) is 20.8. The molecule has 0 aliphatic carbocycles. The SMILES string of the molecule is Cc1ccc(-c2noc(CN3CCN(CCOc4ccc(C#N)cc4)CC3)n2)cc1. The molecule has 0 N–H and O–H groups in total. The lowest BCUT2D eigenvalue weighted by Crippen LogP contribution is -2.47. The van der Waals surface area contributed by atoms with Crippen LogP contribution in [0, 0.1) is 18.3 Å². The third kappa shape index (κ3) is 5.23. The lowest BCUT2D eigenvalue weighted by Gasteiger charge is -2.33. The first-order valence-electron chi connectivity index (χ1n) is 10.2. The van der Waals surface area contributed by atoms with Crippen LogP contribution >= 0.6 is 0 Å². The molecule has 4 rings (SSSR count). The number of ether oxygens (including phenoxy) is 1. The first kappa shape index (κ1) is 20.1. The Morgan fingerprint density at radius 1 is 1.00 bits per heavy atom. The number of nitrogens with zero attached hydrogens (tertiary/aromatic N) is 5. The van der Waals surface area contributed by atoms with Gasteiger partial charge in [0.05, 0.1) is 18.2 Å². The highest BCUT2D eigenvalue weighted by Crippen LogP contribution is 2.17. The van der Waals surface area contributed by atoms with Gasteiger partial charge < -0.3 is 9.26 Å². The second-order valence-electron chi connectivity index (χ2n) is 7.48. The van der Waals surface area contributed by atoms with Crippen molar-refractivity contribution < 1.29 is 9.26 Å². The van der Waals surface area contributed by atoms with Crippen molar-refractivity contribution in [1.29, 1.82) is 5.26 Å². The van der Waals surface area contributed by atoms with Gasteiger partial charge in [-0.25, -0.2) is 0 Å². The number of rotatable bonds is 7. The van der Waals surface area contributed by atoms with Gasteiger partial charge in [-0.05, 0) is 31.2 Å². The summed E-state index contributed by atoms with van der Waals surface area (Å²) in [5, 5.41) is 13.0. The predicted octanol–water partition coefficient (Wildman–Crippen LogP) is 3.11. The number of aromatic nitrogens is 2. The van der Waals surface area contributed by atoms with Crippen LogP contribution in [-0.2, 0) is 6.54 Å². The van der Waals surface area contributed by atoms with Gasteiger partial charge in [-0.15, -0.1) is 0 Å². The van der Waals surface area contributed by atoms with Crippen LogP contribution in [0.1, 0.15) is 17.0 Å². The summed E-state index contributed by atoms with van der Waals surface area (Å²) < 4.78 is 11.2. The summed E-state index contributed by atoms with van der Waals surface area (Å²) in [6.45, 7) is 8.13. The van der Waals surface area contributed by atoms with Crippen LogP contribution in [-0.4, -0.2) is 59.3 Å². The number of nitriles is 1. The maximum absolute atomic E-state index is 8.84. The van der Waals surface area contributed by atoms with E-state index in [0.717, 1.165) is 44.0 Å². The monoisotopic (exact) mass is 403 g/mol. The predicted molar refractivity (Wildman–Crippen MR) is 113 cm³/mol. The molecular formula is C23H25N5O2. The van der Waals surface area contributed by atoms with Crippen LogP contribution in [0.3, 0.4) is 0 Å². The van der Waals surface area contributed by atoms with Gasteiger partial charge in [-0.1, -0.05) is 35.0 Å². The highest BCUT2D eigenvalue weighted by atomic mass is 16.5. The molecule has 1 aliphatic rings. The van der Waals surface area contributed by atoms with Gasteiger partial charge in [0.2, 0.25) is 11.7 Å². The van der Waals surface area contributed by atoms with E-state index >= 15 is 0 Å². The molecule has 0 atom stereocenters. The van der Waals surface area contributed by atoms with Gasteiger partial charge in [0.15, 0.2) is 0 Å². The van der Waals surface area contributed by atoms with Crippen LogP contribution in [0.4, 0.5) is 0 Å². The minimum absolute atomic E-state index is 0.634. The second kappa shape index (κ2) is 9.53. The highest BCUT2D eigenvalue weighted by molar-refractivity contribution is 5.54. The quantitative estimate of drug-likeness (QED) is 0.600. The fourth-order valence-corrected chi connectivity index (χ4v) is 3.42. The van der Waals surface area contributed by atoms with Gasteiger partial charge in [0.25, 0.3) is 0 Å². The summed E-state index contributed by atoms with van der Waals surface area (Å²) >= 11 is 0. The third-order valence-electron chi connectivity index (χ3n) is 5.26. The molecule has 0 bridgehead atoms. The third-order valence-corrected chi connectivity index (χ3v) is 5.26. The minimum atomic E-state index is 0.634. The molecule has 2 aromatic carbocycles. The van der Waals surface area contributed by atoms with E-state index in [9.17, 15) is 0 Å². The molecule has 0 saturated carbocycles.